The molecule has 0 radical (unpaired) electrons. The van der Waals surface area contributed by atoms with E-state index in [0.29, 0.717) is 22.3 Å². The Hall–Kier alpha value is -1.86. The first-order valence-electron chi connectivity index (χ1n) is 7.91. The number of aryl methyl sites for hydroxylation is 1. The lowest BCUT2D eigenvalue weighted by atomic mass is 10.1. The van der Waals surface area contributed by atoms with Crippen LogP contribution in [0.25, 0.3) is 0 Å². The molecule has 5 nitrogen and oxygen atoms in total. The van der Waals surface area contributed by atoms with Crippen molar-refractivity contribution in [3.8, 4) is 0 Å². The summed E-state index contributed by atoms with van der Waals surface area (Å²) in [7, 11) is -3.79. The van der Waals surface area contributed by atoms with Crippen molar-refractivity contribution in [2.75, 3.05) is 9.62 Å². The molecule has 1 atom stereocenters. The van der Waals surface area contributed by atoms with Gasteiger partial charge in [-0.15, -0.1) is 0 Å². The Labute approximate surface area is 156 Å². The van der Waals surface area contributed by atoms with Gasteiger partial charge in [0, 0.05) is 23.1 Å². The minimum Gasteiger partial charge on any atom is -0.309 e. The topological polar surface area (TPSA) is 66.5 Å². The lowest BCUT2D eigenvalue weighted by Gasteiger charge is -2.21. The molecule has 7 heteroatoms. The maximum Gasteiger partial charge on any atom is 0.263 e. The summed E-state index contributed by atoms with van der Waals surface area (Å²) in [4.78, 5) is 13.7. The van der Waals surface area contributed by atoms with Gasteiger partial charge in [-0.2, -0.15) is 0 Å². The van der Waals surface area contributed by atoms with Gasteiger partial charge in [-0.25, -0.2) is 8.42 Å². The van der Waals surface area contributed by atoms with E-state index < -0.39 is 10.0 Å². The second-order valence-electron chi connectivity index (χ2n) is 6.27. The van der Waals surface area contributed by atoms with Gasteiger partial charge in [0.2, 0.25) is 5.91 Å². The molecule has 1 aliphatic rings. The third-order valence-electron chi connectivity index (χ3n) is 4.37. The van der Waals surface area contributed by atoms with Crippen LogP contribution >= 0.6 is 15.9 Å². The average molecular weight is 423 g/mol. The molecule has 0 spiro atoms. The fraction of sp³-hybridized carbons (Fsp3) is 0.278. The molecule has 1 heterocycles. The van der Waals surface area contributed by atoms with Crippen LogP contribution in [0.3, 0.4) is 0 Å². The molecular weight excluding hydrogens is 404 g/mol. The van der Waals surface area contributed by atoms with E-state index in [0.717, 1.165) is 11.1 Å². The zero-order valence-electron chi connectivity index (χ0n) is 14.2. The fourth-order valence-corrected chi connectivity index (χ4v) is 5.43. The Morgan fingerprint density at radius 2 is 1.96 bits per heavy atom. The molecule has 0 aliphatic carbocycles. The van der Waals surface area contributed by atoms with Crippen LogP contribution in [0.5, 0.6) is 0 Å². The smallest absolute Gasteiger partial charge is 0.263 e. The highest BCUT2D eigenvalue weighted by molar-refractivity contribution is 9.10. The Balaban J connectivity index is 2.06. The van der Waals surface area contributed by atoms with Gasteiger partial charge in [-0.1, -0.05) is 18.2 Å². The molecule has 3 rings (SSSR count). The highest BCUT2D eigenvalue weighted by atomic mass is 79.9. The number of nitrogens with zero attached hydrogens (tertiary/aromatic N) is 1. The second kappa shape index (κ2) is 6.46. The number of hydrogen-bond donors (Lipinski definition) is 1. The number of nitrogens with one attached hydrogen (secondary N) is 1. The Morgan fingerprint density at radius 3 is 2.60 bits per heavy atom. The minimum atomic E-state index is -3.79. The third-order valence-corrected chi connectivity index (χ3v) is 6.69. The fourth-order valence-electron chi connectivity index (χ4n) is 3.19. The van der Waals surface area contributed by atoms with Crippen LogP contribution in [0.15, 0.2) is 45.8 Å². The number of para-hydroxylation sites is 1. The molecule has 0 aromatic heterocycles. The lowest BCUT2D eigenvalue weighted by Crippen LogP contribution is -2.33. The third kappa shape index (κ3) is 3.30. The van der Waals surface area contributed by atoms with E-state index in [1.807, 2.05) is 26.0 Å². The van der Waals surface area contributed by atoms with Gasteiger partial charge in [0.25, 0.3) is 10.0 Å². The van der Waals surface area contributed by atoms with Crippen molar-refractivity contribution >= 4 is 43.2 Å². The zero-order valence-corrected chi connectivity index (χ0v) is 16.6. The normalized spacial score (nSPS) is 16.6. The Bertz CT molecular complexity index is 957. The summed E-state index contributed by atoms with van der Waals surface area (Å²) >= 11 is 3.37. The monoisotopic (exact) mass is 422 g/mol. The predicted octanol–water partition coefficient (Wildman–Crippen LogP) is 3.86. The molecular formula is C18H19BrN2O3S. The van der Waals surface area contributed by atoms with Gasteiger partial charge in [0.05, 0.1) is 5.69 Å². The molecule has 1 amide bonds. The van der Waals surface area contributed by atoms with E-state index in [4.69, 9.17) is 0 Å². The molecule has 25 heavy (non-hydrogen) atoms. The highest BCUT2D eigenvalue weighted by Crippen LogP contribution is 2.38. The number of hydrogen-bond acceptors (Lipinski definition) is 3. The summed E-state index contributed by atoms with van der Waals surface area (Å²) in [5.74, 6) is -0.0937. The number of benzene rings is 2. The zero-order chi connectivity index (χ0) is 18.4. The van der Waals surface area contributed by atoms with Crippen molar-refractivity contribution in [2.24, 2.45) is 0 Å². The van der Waals surface area contributed by atoms with E-state index in [1.165, 1.54) is 6.92 Å². The van der Waals surface area contributed by atoms with Gasteiger partial charge < -0.3 is 4.90 Å². The number of fused-ring (bicyclic) bond motifs is 1. The maximum absolute atomic E-state index is 12.9. The molecule has 0 saturated heterocycles. The molecule has 1 aliphatic heterocycles. The van der Waals surface area contributed by atoms with E-state index >= 15 is 0 Å². The van der Waals surface area contributed by atoms with Gasteiger partial charge in [0.15, 0.2) is 0 Å². The lowest BCUT2D eigenvalue weighted by molar-refractivity contribution is -0.116. The van der Waals surface area contributed by atoms with Crippen LogP contribution in [0.2, 0.25) is 0 Å². The van der Waals surface area contributed by atoms with Crippen LogP contribution < -0.4 is 9.62 Å². The molecule has 132 valence electrons. The minimum absolute atomic E-state index is 0.0154. The summed E-state index contributed by atoms with van der Waals surface area (Å²) in [6.45, 7) is 5.29. The van der Waals surface area contributed by atoms with Crippen molar-refractivity contribution < 1.29 is 13.2 Å². The summed E-state index contributed by atoms with van der Waals surface area (Å²) < 4.78 is 28.9. The summed E-state index contributed by atoms with van der Waals surface area (Å²) in [5, 5.41) is 0. The van der Waals surface area contributed by atoms with Crippen LogP contribution in [0.1, 0.15) is 25.0 Å². The van der Waals surface area contributed by atoms with Gasteiger partial charge in [-0.3, -0.25) is 9.52 Å². The van der Waals surface area contributed by atoms with Crippen molar-refractivity contribution in [3.63, 3.8) is 0 Å². The number of carbonyl (C=O) groups excluding carboxylic acids is 1. The number of anilines is 2. The highest BCUT2D eigenvalue weighted by Gasteiger charge is 2.32. The first kappa shape index (κ1) is 17.9. The number of sulfonamides is 1. The van der Waals surface area contributed by atoms with Crippen LogP contribution in [0.4, 0.5) is 11.4 Å². The molecule has 0 fully saturated rings. The van der Waals surface area contributed by atoms with Crippen molar-refractivity contribution in [3.05, 3.63) is 52.0 Å². The first-order valence-corrected chi connectivity index (χ1v) is 10.2. The van der Waals surface area contributed by atoms with E-state index in [2.05, 4.69) is 20.7 Å². The van der Waals surface area contributed by atoms with Crippen molar-refractivity contribution in [2.45, 2.75) is 38.1 Å². The van der Waals surface area contributed by atoms with Crippen LogP contribution in [-0.2, 0) is 21.2 Å². The average Bonchev–Trinajstić information content (AvgIpc) is 2.83. The quantitative estimate of drug-likeness (QED) is 0.816. The molecule has 1 N–H and O–H groups in total. The number of amides is 1. The Kier molecular flexibility index (Phi) is 4.64. The second-order valence-corrected chi connectivity index (χ2v) is 8.78. The molecule has 2 aromatic rings. The van der Waals surface area contributed by atoms with Crippen molar-refractivity contribution in [1.82, 2.24) is 0 Å². The number of carbonyl (C=O) groups is 1. The van der Waals surface area contributed by atoms with Gasteiger partial charge >= 0.3 is 0 Å². The van der Waals surface area contributed by atoms with Crippen LogP contribution in [-0.4, -0.2) is 20.4 Å². The van der Waals surface area contributed by atoms with Crippen molar-refractivity contribution in [1.29, 1.82) is 0 Å². The van der Waals surface area contributed by atoms with Crippen LogP contribution in [0, 0.1) is 6.92 Å². The summed E-state index contributed by atoms with van der Waals surface area (Å²) in [5.41, 5.74) is 2.99. The predicted molar refractivity (Wildman–Crippen MR) is 102 cm³/mol. The SMILES string of the molecule is CC(=O)N1c2cc(S(=O)(=O)Nc3ccccc3C)c(Br)cc2CC1C. The molecule has 0 saturated carbocycles. The maximum atomic E-state index is 12.9. The van der Waals surface area contributed by atoms with E-state index in [9.17, 15) is 13.2 Å². The standard InChI is InChI=1S/C18H19BrN2O3S/c1-11-6-4-5-7-16(11)20-25(23,24)18-10-17-14(9-15(18)19)8-12(2)21(17)13(3)22/h4-7,9-10,12,20H,8H2,1-3H3. The van der Waals surface area contributed by atoms with E-state index in [1.54, 1.807) is 29.2 Å². The van der Waals surface area contributed by atoms with Gasteiger partial charge in [0.1, 0.15) is 4.90 Å². The summed E-state index contributed by atoms with van der Waals surface area (Å²) in [6.07, 6.45) is 0.707. The number of rotatable bonds is 3. The number of halogens is 1. The molecule has 0 bridgehead atoms. The molecule has 2 aromatic carbocycles. The summed E-state index contributed by atoms with van der Waals surface area (Å²) in [6, 6.07) is 10.6. The largest absolute Gasteiger partial charge is 0.309 e. The van der Waals surface area contributed by atoms with E-state index in [-0.39, 0.29) is 16.8 Å². The van der Waals surface area contributed by atoms with Gasteiger partial charge in [-0.05, 0) is 65.5 Å². The first-order chi connectivity index (χ1) is 11.7. The Morgan fingerprint density at radius 1 is 1.28 bits per heavy atom. The molecule has 1 unspecified atom stereocenters.